The van der Waals surface area contributed by atoms with Crippen molar-refractivity contribution in [1.82, 2.24) is 0 Å². The van der Waals surface area contributed by atoms with Crippen LogP contribution in [0.3, 0.4) is 0 Å². The molecule has 0 aliphatic heterocycles. The Balaban J connectivity index is 1.99. The lowest BCUT2D eigenvalue weighted by atomic mass is 10.1. The van der Waals surface area contributed by atoms with Gasteiger partial charge in [-0.2, -0.15) is 0 Å². The van der Waals surface area contributed by atoms with E-state index >= 15 is 0 Å². The van der Waals surface area contributed by atoms with E-state index in [1.807, 2.05) is 44.2 Å². The number of aryl methyl sites for hydroxylation is 1. The first-order chi connectivity index (χ1) is 9.19. The lowest BCUT2D eigenvalue weighted by Gasteiger charge is -2.08. The highest BCUT2D eigenvalue weighted by Gasteiger charge is 2.00. The molecule has 0 saturated heterocycles. The highest BCUT2D eigenvalue weighted by atomic mass is 16.5. The lowest BCUT2D eigenvalue weighted by Crippen LogP contribution is -1.95. The summed E-state index contributed by atoms with van der Waals surface area (Å²) < 4.78 is 5.65. The first-order valence-electron chi connectivity index (χ1n) is 6.33. The third-order valence-corrected chi connectivity index (χ3v) is 2.92. The Labute approximate surface area is 114 Å². The average molecular weight is 254 g/mol. The topological polar surface area (TPSA) is 29.5 Å². The predicted octanol–water partition coefficient (Wildman–Crippen LogP) is 4.31. The van der Waals surface area contributed by atoms with Crippen LogP contribution in [0.5, 0.6) is 11.5 Å². The molecule has 0 heterocycles. The predicted molar refractivity (Wildman–Crippen MR) is 78.3 cm³/mol. The minimum atomic E-state index is 0.265. The van der Waals surface area contributed by atoms with E-state index in [-0.39, 0.29) is 5.75 Å². The van der Waals surface area contributed by atoms with Gasteiger partial charge in [0.25, 0.3) is 0 Å². The zero-order valence-corrected chi connectivity index (χ0v) is 11.3. The van der Waals surface area contributed by atoms with Crippen LogP contribution in [0.1, 0.15) is 23.6 Å². The van der Waals surface area contributed by atoms with Gasteiger partial charge < -0.3 is 9.84 Å². The van der Waals surface area contributed by atoms with Crippen molar-refractivity contribution in [3.8, 4) is 11.5 Å². The minimum Gasteiger partial charge on any atom is -0.508 e. The Morgan fingerprint density at radius 1 is 1.11 bits per heavy atom. The van der Waals surface area contributed by atoms with Crippen molar-refractivity contribution >= 4 is 6.08 Å². The van der Waals surface area contributed by atoms with E-state index in [4.69, 9.17) is 4.74 Å². The molecular formula is C17H18O2. The maximum atomic E-state index is 9.61. The monoisotopic (exact) mass is 254 g/mol. The fourth-order valence-corrected chi connectivity index (χ4v) is 1.76. The molecule has 0 amide bonds. The van der Waals surface area contributed by atoms with E-state index in [0.29, 0.717) is 12.4 Å². The van der Waals surface area contributed by atoms with Crippen LogP contribution >= 0.6 is 0 Å². The maximum absolute atomic E-state index is 9.61. The number of allylic oxidation sites excluding steroid dienone is 1. The summed E-state index contributed by atoms with van der Waals surface area (Å²) in [6, 6.07) is 13.6. The number of hydrogen-bond donors (Lipinski definition) is 1. The van der Waals surface area contributed by atoms with Crippen molar-refractivity contribution in [2.45, 2.75) is 20.5 Å². The molecule has 0 aliphatic rings. The third-order valence-electron chi connectivity index (χ3n) is 2.92. The molecule has 0 unspecified atom stereocenters. The summed E-state index contributed by atoms with van der Waals surface area (Å²) in [6.07, 6.45) is 4.07. The van der Waals surface area contributed by atoms with Crippen molar-refractivity contribution < 1.29 is 9.84 Å². The molecule has 0 atom stereocenters. The van der Waals surface area contributed by atoms with Gasteiger partial charge in [-0.3, -0.25) is 0 Å². The number of phenolic OH excluding ortho intramolecular Hbond substituents is 1. The van der Waals surface area contributed by atoms with Crippen LogP contribution in [-0.2, 0) is 6.61 Å². The normalized spacial score (nSPS) is 10.8. The van der Waals surface area contributed by atoms with Crippen molar-refractivity contribution in [3.63, 3.8) is 0 Å². The van der Waals surface area contributed by atoms with E-state index in [2.05, 4.69) is 18.2 Å². The van der Waals surface area contributed by atoms with Gasteiger partial charge in [-0.15, -0.1) is 0 Å². The van der Waals surface area contributed by atoms with Crippen LogP contribution in [0.2, 0.25) is 0 Å². The van der Waals surface area contributed by atoms with Crippen LogP contribution in [0.25, 0.3) is 6.08 Å². The molecule has 1 N–H and O–H groups in total. The van der Waals surface area contributed by atoms with Gasteiger partial charge >= 0.3 is 0 Å². The Morgan fingerprint density at radius 3 is 2.47 bits per heavy atom. The molecule has 2 aromatic rings. The second kappa shape index (κ2) is 6.10. The summed E-state index contributed by atoms with van der Waals surface area (Å²) in [5.41, 5.74) is 3.13. The van der Waals surface area contributed by atoms with Gasteiger partial charge in [0.1, 0.15) is 18.1 Å². The molecule has 2 heteroatoms. The van der Waals surface area contributed by atoms with Gasteiger partial charge in [-0.1, -0.05) is 42.5 Å². The molecule has 0 radical (unpaired) electrons. The lowest BCUT2D eigenvalue weighted by molar-refractivity contribution is 0.304. The van der Waals surface area contributed by atoms with E-state index in [1.54, 1.807) is 6.07 Å². The number of aromatic hydroxyl groups is 1. The molecule has 2 rings (SSSR count). The minimum absolute atomic E-state index is 0.265. The fourth-order valence-electron chi connectivity index (χ4n) is 1.76. The Kier molecular flexibility index (Phi) is 4.24. The number of benzene rings is 2. The highest BCUT2D eigenvalue weighted by Crippen LogP contribution is 2.23. The highest BCUT2D eigenvalue weighted by molar-refractivity contribution is 5.49. The Morgan fingerprint density at radius 2 is 1.84 bits per heavy atom. The molecule has 0 spiro atoms. The summed E-state index contributed by atoms with van der Waals surface area (Å²) >= 11 is 0. The fraction of sp³-hybridized carbons (Fsp3) is 0.176. The molecule has 2 aromatic carbocycles. The summed E-state index contributed by atoms with van der Waals surface area (Å²) in [7, 11) is 0. The van der Waals surface area contributed by atoms with E-state index < -0.39 is 0 Å². The smallest absolute Gasteiger partial charge is 0.123 e. The van der Waals surface area contributed by atoms with E-state index in [9.17, 15) is 5.11 Å². The summed E-state index contributed by atoms with van der Waals surface area (Å²) in [5, 5.41) is 9.61. The summed E-state index contributed by atoms with van der Waals surface area (Å²) in [6.45, 7) is 4.36. The van der Waals surface area contributed by atoms with Gasteiger partial charge in [0.2, 0.25) is 0 Å². The molecule has 98 valence electrons. The number of rotatable bonds is 4. The number of phenols is 1. The largest absolute Gasteiger partial charge is 0.508 e. The molecule has 19 heavy (non-hydrogen) atoms. The molecule has 0 fully saturated rings. The second-order valence-corrected chi connectivity index (χ2v) is 4.48. The van der Waals surface area contributed by atoms with Crippen molar-refractivity contribution in [2.24, 2.45) is 0 Å². The molecule has 0 aromatic heterocycles. The van der Waals surface area contributed by atoms with Crippen LogP contribution in [0.4, 0.5) is 0 Å². The van der Waals surface area contributed by atoms with Crippen LogP contribution in [0, 0.1) is 6.92 Å². The van der Waals surface area contributed by atoms with E-state index in [1.165, 1.54) is 5.56 Å². The third kappa shape index (κ3) is 3.62. The molecular weight excluding hydrogens is 236 g/mol. The molecule has 0 aliphatic carbocycles. The maximum Gasteiger partial charge on any atom is 0.123 e. The number of ether oxygens (including phenoxy) is 1. The summed E-state index contributed by atoms with van der Waals surface area (Å²) in [5.74, 6) is 0.946. The van der Waals surface area contributed by atoms with Gasteiger partial charge in [0.15, 0.2) is 0 Å². The Bertz CT molecular complexity index is 568. The van der Waals surface area contributed by atoms with Gasteiger partial charge in [-0.05, 0) is 36.6 Å². The average Bonchev–Trinajstić information content (AvgIpc) is 2.42. The van der Waals surface area contributed by atoms with Gasteiger partial charge in [0.05, 0.1) is 0 Å². The first kappa shape index (κ1) is 13.2. The van der Waals surface area contributed by atoms with Crippen LogP contribution in [0.15, 0.2) is 48.5 Å². The van der Waals surface area contributed by atoms with Gasteiger partial charge in [0, 0.05) is 6.07 Å². The second-order valence-electron chi connectivity index (χ2n) is 4.48. The number of hydrogen-bond acceptors (Lipinski definition) is 2. The quantitative estimate of drug-likeness (QED) is 0.880. The molecule has 0 bridgehead atoms. The van der Waals surface area contributed by atoms with Crippen molar-refractivity contribution in [2.75, 3.05) is 0 Å². The zero-order valence-electron chi connectivity index (χ0n) is 11.3. The zero-order chi connectivity index (χ0) is 13.7. The Hall–Kier alpha value is -2.22. The van der Waals surface area contributed by atoms with Crippen molar-refractivity contribution in [3.05, 3.63) is 65.2 Å². The molecule has 0 saturated carbocycles. The van der Waals surface area contributed by atoms with Crippen LogP contribution < -0.4 is 4.74 Å². The van der Waals surface area contributed by atoms with Crippen molar-refractivity contribution in [1.29, 1.82) is 0 Å². The first-order valence-corrected chi connectivity index (χ1v) is 6.33. The standard InChI is InChI=1S/C17H18O2/c1-3-4-14-6-8-15(9-7-14)12-19-16-10-5-13(2)17(18)11-16/h3-11,18H,12H2,1-2H3/b4-3+. The van der Waals surface area contributed by atoms with Gasteiger partial charge in [-0.25, -0.2) is 0 Å². The summed E-state index contributed by atoms with van der Waals surface area (Å²) in [4.78, 5) is 0. The van der Waals surface area contributed by atoms with Crippen LogP contribution in [-0.4, -0.2) is 5.11 Å². The molecule has 2 nitrogen and oxygen atoms in total. The van der Waals surface area contributed by atoms with E-state index in [0.717, 1.165) is 11.1 Å². The SMILES string of the molecule is C/C=C/c1ccc(COc2ccc(C)c(O)c2)cc1.